The third-order valence-electron chi connectivity index (χ3n) is 10.9. The van der Waals surface area contributed by atoms with Crippen LogP contribution >= 0.6 is 0 Å². The van der Waals surface area contributed by atoms with Gasteiger partial charge in [-0.25, -0.2) is 15.0 Å². The molecule has 0 spiro atoms. The van der Waals surface area contributed by atoms with Gasteiger partial charge in [-0.3, -0.25) is 0 Å². The van der Waals surface area contributed by atoms with Gasteiger partial charge >= 0.3 is 0 Å². The van der Waals surface area contributed by atoms with Gasteiger partial charge in [-0.15, -0.1) is 0 Å². The number of benzene rings is 9. The summed E-state index contributed by atoms with van der Waals surface area (Å²) in [5, 5.41) is 0. The largest absolute Gasteiger partial charge is 0.208 e. The van der Waals surface area contributed by atoms with E-state index in [0.717, 1.165) is 72.3 Å². The van der Waals surface area contributed by atoms with Gasteiger partial charge in [0.05, 0.1) is 0 Å². The fourth-order valence-electron chi connectivity index (χ4n) is 7.90. The van der Waals surface area contributed by atoms with Crippen molar-refractivity contribution in [3.8, 4) is 101 Å². The Labute approximate surface area is 351 Å². The summed E-state index contributed by atoms with van der Waals surface area (Å²) in [6.07, 6.45) is 0. The number of aromatic nitrogens is 3. The van der Waals surface area contributed by atoms with Gasteiger partial charge in [-0.1, -0.05) is 206 Å². The molecule has 0 aliphatic heterocycles. The van der Waals surface area contributed by atoms with Crippen LogP contribution in [0.2, 0.25) is 0 Å². The summed E-state index contributed by atoms with van der Waals surface area (Å²) >= 11 is 0. The van der Waals surface area contributed by atoms with Crippen LogP contribution < -0.4 is 0 Å². The fraction of sp³-hybridized carbons (Fsp3) is 0. The first-order valence-corrected chi connectivity index (χ1v) is 20.3. The quantitative estimate of drug-likeness (QED) is 0.147. The maximum atomic E-state index is 5.42. The molecule has 10 rings (SSSR count). The van der Waals surface area contributed by atoms with Crippen molar-refractivity contribution in [1.82, 2.24) is 15.0 Å². The monoisotopic (exact) mass is 765 g/mol. The molecule has 3 heteroatoms. The molecule has 282 valence electrons. The highest BCUT2D eigenvalue weighted by molar-refractivity contribution is 5.94. The Kier molecular flexibility index (Phi) is 9.97. The third kappa shape index (κ3) is 7.56. The van der Waals surface area contributed by atoms with Crippen molar-refractivity contribution >= 4 is 0 Å². The Hall–Kier alpha value is -8.01. The van der Waals surface area contributed by atoms with E-state index in [9.17, 15) is 0 Å². The standard InChI is InChI=1S/C57H39N3/c1-7-19-40(20-8-1)42-31-33-43(34-32-42)49-35-48(41-21-9-2-10-22-41)36-50(37-49)56-58-55(47-29-17-6-18-30-47)59-57(60-56)54-39-52(45-25-13-4-14-26-45)51(44-23-11-3-12-24-44)38-53(54)46-27-15-5-16-28-46/h1-39H. The number of hydrogen-bond acceptors (Lipinski definition) is 3. The number of rotatable bonds is 9. The normalized spacial score (nSPS) is 11.0. The highest BCUT2D eigenvalue weighted by Crippen LogP contribution is 2.42. The lowest BCUT2D eigenvalue weighted by atomic mass is 9.87. The van der Waals surface area contributed by atoms with E-state index >= 15 is 0 Å². The molecule has 0 saturated heterocycles. The molecular formula is C57H39N3. The van der Waals surface area contributed by atoms with Crippen LogP contribution in [-0.2, 0) is 0 Å². The Morgan fingerprint density at radius 1 is 0.167 bits per heavy atom. The van der Waals surface area contributed by atoms with E-state index in [2.05, 4.69) is 218 Å². The van der Waals surface area contributed by atoms with Crippen molar-refractivity contribution in [2.45, 2.75) is 0 Å². The minimum Gasteiger partial charge on any atom is -0.208 e. The van der Waals surface area contributed by atoms with Crippen LogP contribution in [0, 0.1) is 0 Å². The van der Waals surface area contributed by atoms with E-state index in [0.29, 0.717) is 17.5 Å². The van der Waals surface area contributed by atoms with Crippen LogP contribution in [0.4, 0.5) is 0 Å². The minimum absolute atomic E-state index is 0.603. The van der Waals surface area contributed by atoms with Crippen molar-refractivity contribution in [1.29, 1.82) is 0 Å². The molecule has 0 unspecified atom stereocenters. The lowest BCUT2D eigenvalue weighted by Gasteiger charge is -2.18. The molecule has 10 aromatic rings. The van der Waals surface area contributed by atoms with Crippen LogP contribution in [0.5, 0.6) is 0 Å². The molecular weight excluding hydrogens is 727 g/mol. The van der Waals surface area contributed by atoms with E-state index < -0.39 is 0 Å². The molecule has 60 heavy (non-hydrogen) atoms. The van der Waals surface area contributed by atoms with Gasteiger partial charge in [0.1, 0.15) is 0 Å². The molecule has 1 heterocycles. The van der Waals surface area contributed by atoms with E-state index in [1.54, 1.807) is 0 Å². The van der Waals surface area contributed by atoms with E-state index in [1.807, 2.05) is 18.2 Å². The summed E-state index contributed by atoms with van der Waals surface area (Å²) in [7, 11) is 0. The molecule has 0 amide bonds. The van der Waals surface area contributed by atoms with Crippen molar-refractivity contribution < 1.29 is 0 Å². The molecule has 0 aliphatic carbocycles. The van der Waals surface area contributed by atoms with Crippen LogP contribution in [-0.4, -0.2) is 15.0 Å². The molecule has 1 aromatic heterocycles. The summed E-state index contributed by atoms with van der Waals surface area (Å²) in [6, 6.07) is 83.1. The first-order chi connectivity index (χ1) is 29.7. The van der Waals surface area contributed by atoms with Gasteiger partial charge < -0.3 is 0 Å². The van der Waals surface area contributed by atoms with Crippen LogP contribution in [0.3, 0.4) is 0 Å². The molecule has 0 fully saturated rings. The second-order valence-electron chi connectivity index (χ2n) is 14.8. The topological polar surface area (TPSA) is 38.7 Å². The first-order valence-electron chi connectivity index (χ1n) is 20.3. The maximum Gasteiger partial charge on any atom is 0.164 e. The summed E-state index contributed by atoms with van der Waals surface area (Å²) in [6.45, 7) is 0. The second kappa shape index (κ2) is 16.5. The summed E-state index contributed by atoms with van der Waals surface area (Å²) < 4.78 is 0. The van der Waals surface area contributed by atoms with E-state index in [4.69, 9.17) is 15.0 Å². The summed E-state index contributed by atoms with van der Waals surface area (Å²) in [5.74, 6) is 1.82. The third-order valence-corrected chi connectivity index (χ3v) is 10.9. The molecule has 0 saturated carbocycles. The predicted octanol–water partition coefficient (Wildman–Crippen LogP) is 14.9. The lowest BCUT2D eigenvalue weighted by molar-refractivity contribution is 1.07. The highest BCUT2D eigenvalue weighted by atomic mass is 15.0. The Morgan fingerprint density at radius 3 is 0.867 bits per heavy atom. The molecule has 0 aliphatic rings. The van der Waals surface area contributed by atoms with Crippen LogP contribution in [0.1, 0.15) is 0 Å². The molecule has 0 bridgehead atoms. The van der Waals surface area contributed by atoms with Crippen molar-refractivity contribution in [3.05, 3.63) is 237 Å². The maximum absolute atomic E-state index is 5.42. The Bertz CT molecular complexity index is 3020. The first kappa shape index (κ1) is 36.3. The van der Waals surface area contributed by atoms with Gasteiger partial charge in [-0.05, 0) is 97.1 Å². The van der Waals surface area contributed by atoms with E-state index in [-0.39, 0.29) is 0 Å². The van der Waals surface area contributed by atoms with E-state index in [1.165, 1.54) is 11.1 Å². The van der Waals surface area contributed by atoms with Gasteiger partial charge in [-0.2, -0.15) is 0 Å². The molecule has 3 nitrogen and oxygen atoms in total. The fourth-order valence-corrected chi connectivity index (χ4v) is 7.90. The van der Waals surface area contributed by atoms with Crippen LogP contribution in [0.25, 0.3) is 101 Å². The van der Waals surface area contributed by atoms with Crippen molar-refractivity contribution in [2.24, 2.45) is 0 Å². The summed E-state index contributed by atoms with van der Waals surface area (Å²) in [4.78, 5) is 16.0. The molecule has 0 N–H and O–H groups in total. The van der Waals surface area contributed by atoms with Gasteiger partial charge in [0.15, 0.2) is 17.5 Å². The van der Waals surface area contributed by atoms with Gasteiger partial charge in [0.25, 0.3) is 0 Å². The summed E-state index contributed by atoms with van der Waals surface area (Å²) in [5.41, 5.74) is 16.2. The molecule has 9 aromatic carbocycles. The highest BCUT2D eigenvalue weighted by Gasteiger charge is 2.21. The average Bonchev–Trinajstić information content (AvgIpc) is 3.35. The van der Waals surface area contributed by atoms with Crippen LogP contribution in [0.15, 0.2) is 237 Å². The van der Waals surface area contributed by atoms with Crippen molar-refractivity contribution in [3.63, 3.8) is 0 Å². The van der Waals surface area contributed by atoms with Gasteiger partial charge in [0, 0.05) is 16.7 Å². The number of hydrogen-bond donors (Lipinski definition) is 0. The van der Waals surface area contributed by atoms with Gasteiger partial charge in [0.2, 0.25) is 0 Å². The zero-order valence-corrected chi connectivity index (χ0v) is 32.9. The Balaban J connectivity index is 1.21. The smallest absolute Gasteiger partial charge is 0.164 e. The van der Waals surface area contributed by atoms with Crippen molar-refractivity contribution in [2.75, 3.05) is 0 Å². The predicted molar refractivity (Wildman–Crippen MR) is 249 cm³/mol. The SMILES string of the molecule is c1ccc(-c2ccc(-c3cc(-c4ccccc4)cc(-c4nc(-c5ccccc5)nc(-c5cc(-c6ccccc6)c(-c6ccccc6)cc5-c5ccccc5)n4)c3)cc2)cc1. The Morgan fingerprint density at radius 2 is 0.433 bits per heavy atom. The zero-order valence-electron chi connectivity index (χ0n) is 32.9. The minimum atomic E-state index is 0.603. The molecule has 0 radical (unpaired) electrons. The average molecular weight is 766 g/mol. The molecule has 0 atom stereocenters. The second-order valence-corrected chi connectivity index (χ2v) is 14.8. The lowest BCUT2D eigenvalue weighted by Crippen LogP contribution is -2.02. The zero-order chi connectivity index (χ0) is 40.1. The number of nitrogens with zero attached hydrogens (tertiary/aromatic N) is 3.